The van der Waals surface area contributed by atoms with Gasteiger partial charge < -0.3 is 0 Å². The predicted molar refractivity (Wildman–Crippen MR) is 53.5 cm³/mol. The van der Waals surface area contributed by atoms with Crippen LogP contribution in [0.1, 0.15) is 24.9 Å². The average Bonchev–Trinajstić information content (AvgIpc) is 2.01. The van der Waals surface area contributed by atoms with E-state index in [1.54, 1.807) is 0 Å². The van der Waals surface area contributed by atoms with Gasteiger partial charge >= 0.3 is 0 Å². The SMILES string of the molecule is CCCc1nc(C)c(Br)c(Cl)n1. The van der Waals surface area contributed by atoms with Gasteiger partial charge in [-0.3, -0.25) is 0 Å². The number of hydrogen-bond acceptors (Lipinski definition) is 2. The van der Waals surface area contributed by atoms with Gasteiger partial charge in [-0.25, -0.2) is 9.97 Å². The monoisotopic (exact) mass is 248 g/mol. The van der Waals surface area contributed by atoms with Crippen molar-refractivity contribution in [2.75, 3.05) is 0 Å². The fraction of sp³-hybridized carbons (Fsp3) is 0.500. The van der Waals surface area contributed by atoms with Crippen LogP contribution in [0.3, 0.4) is 0 Å². The van der Waals surface area contributed by atoms with E-state index in [0.717, 1.165) is 28.8 Å². The average molecular weight is 250 g/mol. The van der Waals surface area contributed by atoms with Gasteiger partial charge in [-0.05, 0) is 29.3 Å². The maximum Gasteiger partial charge on any atom is 0.147 e. The van der Waals surface area contributed by atoms with Crippen molar-refractivity contribution in [1.29, 1.82) is 0 Å². The molecule has 0 fully saturated rings. The minimum atomic E-state index is 0.506. The maximum absolute atomic E-state index is 5.86. The summed E-state index contributed by atoms with van der Waals surface area (Å²) in [5.74, 6) is 0.822. The van der Waals surface area contributed by atoms with Gasteiger partial charge in [-0.2, -0.15) is 0 Å². The van der Waals surface area contributed by atoms with E-state index in [-0.39, 0.29) is 0 Å². The fourth-order valence-corrected chi connectivity index (χ4v) is 1.33. The van der Waals surface area contributed by atoms with Gasteiger partial charge in [0.15, 0.2) is 0 Å². The van der Waals surface area contributed by atoms with E-state index in [9.17, 15) is 0 Å². The molecule has 0 aliphatic carbocycles. The molecular weight excluding hydrogens is 239 g/mol. The van der Waals surface area contributed by atoms with Crippen LogP contribution in [-0.4, -0.2) is 9.97 Å². The first-order valence-electron chi connectivity index (χ1n) is 3.83. The van der Waals surface area contributed by atoms with Gasteiger partial charge in [0.25, 0.3) is 0 Å². The number of aryl methyl sites for hydroxylation is 2. The second-order valence-corrected chi connectivity index (χ2v) is 3.73. The fourth-order valence-electron chi connectivity index (χ4n) is 0.915. The van der Waals surface area contributed by atoms with Crippen LogP contribution >= 0.6 is 27.5 Å². The standard InChI is InChI=1S/C8H10BrClN2/c1-3-4-6-11-5(2)7(9)8(10)12-6/h3-4H2,1-2H3. The second-order valence-electron chi connectivity index (χ2n) is 2.58. The van der Waals surface area contributed by atoms with Gasteiger partial charge in [0.2, 0.25) is 0 Å². The Balaban J connectivity index is 3.04. The summed E-state index contributed by atoms with van der Waals surface area (Å²) in [6.07, 6.45) is 1.92. The van der Waals surface area contributed by atoms with Gasteiger partial charge in [-0.1, -0.05) is 18.5 Å². The van der Waals surface area contributed by atoms with E-state index in [0.29, 0.717) is 5.15 Å². The quantitative estimate of drug-likeness (QED) is 0.753. The van der Waals surface area contributed by atoms with Crippen LogP contribution in [0, 0.1) is 6.92 Å². The molecule has 0 saturated heterocycles. The van der Waals surface area contributed by atoms with E-state index in [4.69, 9.17) is 11.6 Å². The topological polar surface area (TPSA) is 25.8 Å². The Bertz CT molecular complexity index is 265. The second kappa shape index (κ2) is 4.19. The molecule has 0 amide bonds. The Morgan fingerprint density at radius 1 is 1.42 bits per heavy atom. The minimum absolute atomic E-state index is 0.506. The number of hydrogen-bond donors (Lipinski definition) is 0. The molecule has 1 heterocycles. The molecule has 0 unspecified atom stereocenters. The van der Waals surface area contributed by atoms with Gasteiger partial charge in [-0.15, -0.1) is 0 Å². The van der Waals surface area contributed by atoms with Crippen molar-refractivity contribution in [3.05, 3.63) is 21.1 Å². The lowest BCUT2D eigenvalue weighted by Crippen LogP contribution is -1.98. The normalized spacial score (nSPS) is 10.3. The molecule has 1 rings (SSSR count). The molecule has 0 aliphatic rings. The summed E-state index contributed by atoms with van der Waals surface area (Å²) in [7, 11) is 0. The summed E-state index contributed by atoms with van der Waals surface area (Å²) in [6.45, 7) is 4.01. The molecule has 0 aromatic carbocycles. The van der Waals surface area contributed by atoms with E-state index in [2.05, 4.69) is 32.8 Å². The van der Waals surface area contributed by atoms with Crippen molar-refractivity contribution < 1.29 is 0 Å². The van der Waals surface area contributed by atoms with E-state index >= 15 is 0 Å². The maximum atomic E-state index is 5.86. The minimum Gasteiger partial charge on any atom is -0.237 e. The molecule has 1 aromatic rings. The molecule has 0 N–H and O–H groups in total. The van der Waals surface area contributed by atoms with Crippen molar-refractivity contribution in [2.45, 2.75) is 26.7 Å². The van der Waals surface area contributed by atoms with Crippen LogP contribution in [0.5, 0.6) is 0 Å². The van der Waals surface area contributed by atoms with Gasteiger partial charge in [0, 0.05) is 6.42 Å². The van der Waals surface area contributed by atoms with Crippen molar-refractivity contribution in [3.63, 3.8) is 0 Å². The van der Waals surface area contributed by atoms with E-state index in [1.807, 2.05) is 6.92 Å². The molecule has 0 spiro atoms. The first-order chi connectivity index (χ1) is 5.65. The lowest BCUT2D eigenvalue weighted by Gasteiger charge is -2.02. The third kappa shape index (κ3) is 2.17. The number of aromatic nitrogens is 2. The molecule has 0 bridgehead atoms. The van der Waals surface area contributed by atoms with Crippen molar-refractivity contribution in [3.8, 4) is 0 Å². The molecule has 12 heavy (non-hydrogen) atoms. The highest BCUT2D eigenvalue weighted by Crippen LogP contribution is 2.22. The number of nitrogens with zero attached hydrogens (tertiary/aromatic N) is 2. The zero-order valence-electron chi connectivity index (χ0n) is 7.06. The van der Waals surface area contributed by atoms with Gasteiger partial charge in [0.1, 0.15) is 11.0 Å². The lowest BCUT2D eigenvalue weighted by molar-refractivity contribution is 0.822. The highest BCUT2D eigenvalue weighted by molar-refractivity contribution is 9.10. The van der Waals surface area contributed by atoms with E-state index < -0.39 is 0 Å². The zero-order valence-corrected chi connectivity index (χ0v) is 9.41. The Kier molecular flexibility index (Phi) is 3.47. The van der Waals surface area contributed by atoms with Crippen LogP contribution < -0.4 is 0 Å². The van der Waals surface area contributed by atoms with Crippen molar-refractivity contribution in [2.24, 2.45) is 0 Å². The van der Waals surface area contributed by atoms with Crippen LogP contribution in [0.4, 0.5) is 0 Å². The molecule has 0 saturated carbocycles. The largest absolute Gasteiger partial charge is 0.237 e. The van der Waals surface area contributed by atoms with Crippen LogP contribution in [0.15, 0.2) is 4.47 Å². The molecule has 0 aliphatic heterocycles. The van der Waals surface area contributed by atoms with Crippen LogP contribution in [-0.2, 0) is 6.42 Å². The summed E-state index contributed by atoms with van der Waals surface area (Å²) in [5.41, 5.74) is 0.901. The zero-order chi connectivity index (χ0) is 9.14. The van der Waals surface area contributed by atoms with Crippen LogP contribution in [0.25, 0.3) is 0 Å². The molecule has 66 valence electrons. The number of halogens is 2. The third-order valence-corrected chi connectivity index (χ3v) is 2.95. The van der Waals surface area contributed by atoms with Crippen molar-refractivity contribution >= 4 is 27.5 Å². The predicted octanol–water partition coefficient (Wildman–Crippen LogP) is 3.15. The number of rotatable bonds is 2. The lowest BCUT2D eigenvalue weighted by atomic mass is 10.3. The summed E-state index contributed by atoms with van der Waals surface area (Å²) >= 11 is 9.16. The van der Waals surface area contributed by atoms with Gasteiger partial charge in [0.05, 0.1) is 10.2 Å². The van der Waals surface area contributed by atoms with Crippen molar-refractivity contribution in [1.82, 2.24) is 9.97 Å². The Hall–Kier alpha value is -0.150. The first-order valence-corrected chi connectivity index (χ1v) is 5.00. The molecule has 4 heteroatoms. The molecule has 2 nitrogen and oxygen atoms in total. The summed E-state index contributed by atoms with van der Waals surface area (Å²) in [6, 6.07) is 0. The van der Waals surface area contributed by atoms with E-state index in [1.165, 1.54) is 0 Å². The molecule has 0 radical (unpaired) electrons. The third-order valence-electron chi connectivity index (χ3n) is 1.50. The Labute approximate surface area is 85.5 Å². The summed E-state index contributed by atoms with van der Waals surface area (Å²) in [4.78, 5) is 8.41. The summed E-state index contributed by atoms with van der Waals surface area (Å²) < 4.78 is 0.795. The smallest absolute Gasteiger partial charge is 0.147 e. The highest BCUT2D eigenvalue weighted by Gasteiger charge is 2.05. The highest BCUT2D eigenvalue weighted by atomic mass is 79.9. The molecule has 0 atom stereocenters. The first kappa shape index (κ1) is 9.93. The Morgan fingerprint density at radius 3 is 2.58 bits per heavy atom. The Morgan fingerprint density at radius 2 is 2.08 bits per heavy atom. The summed E-state index contributed by atoms with van der Waals surface area (Å²) in [5, 5.41) is 0.506. The molecular formula is C8H10BrClN2. The van der Waals surface area contributed by atoms with Crippen LogP contribution in [0.2, 0.25) is 5.15 Å². The molecule has 1 aromatic heterocycles.